The van der Waals surface area contributed by atoms with Crippen molar-refractivity contribution in [2.24, 2.45) is 5.73 Å². The third kappa shape index (κ3) is 3.12. The summed E-state index contributed by atoms with van der Waals surface area (Å²) in [6, 6.07) is 4.25. The molecule has 1 saturated heterocycles. The highest BCUT2D eigenvalue weighted by Gasteiger charge is 2.32. The Morgan fingerprint density at radius 2 is 2.26 bits per heavy atom. The number of hydrogen-bond acceptors (Lipinski definition) is 6. The number of nitrogens with two attached hydrogens (primary N) is 1. The van der Waals surface area contributed by atoms with Crippen molar-refractivity contribution in [3.05, 3.63) is 18.3 Å². The van der Waals surface area contributed by atoms with E-state index in [0.29, 0.717) is 6.04 Å². The molecular formula is C16H25N5O2. The van der Waals surface area contributed by atoms with Crippen LogP contribution in [0.1, 0.15) is 33.2 Å². The molecule has 1 aromatic carbocycles. The van der Waals surface area contributed by atoms with E-state index in [1.807, 2.05) is 16.8 Å². The SMILES string of the molecule is CC(C)n1cc2c(N3CC[C@@](C)(N)C3)c(NCOO)ccc2n1. The Hall–Kier alpha value is -1.83. The maximum atomic E-state index is 8.64. The van der Waals surface area contributed by atoms with Crippen LogP contribution < -0.4 is 16.0 Å². The summed E-state index contributed by atoms with van der Waals surface area (Å²) in [5.74, 6) is 0. The Kier molecular flexibility index (Phi) is 4.18. The second-order valence-corrected chi connectivity index (χ2v) is 6.87. The summed E-state index contributed by atoms with van der Waals surface area (Å²) >= 11 is 0. The van der Waals surface area contributed by atoms with Gasteiger partial charge >= 0.3 is 0 Å². The molecule has 126 valence electrons. The molecule has 0 saturated carbocycles. The lowest BCUT2D eigenvalue weighted by Gasteiger charge is -2.25. The predicted molar refractivity (Wildman–Crippen MR) is 91.7 cm³/mol. The van der Waals surface area contributed by atoms with E-state index in [4.69, 9.17) is 11.0 Å². The zero-order chi connectivity index (χ0) is 16.6. The summed E-state index contributed by atoms with van der Waals surface area (Å²) < 4.78 is 1.97. The van der Waals surface area contributed by atoms with Gasteiger partial charge in [-0.05, 0) is 39.3 Å². The summed E-state index contributed by atoms with van der Waals surface area (Å²) in [6.45, 7) is 8.01. The van der Waals surface area contributed by atoms with E-state index in [0.717, 1.165) is 41.8 Å². The van der Waals surface area contributed by atoms with Gasteiger partial charge in [0.25, 0.3) is 0 Å². The molecule has 7 nitrogen and oxygen atoms in total. The number of fused-ring (bicyclic) bond motifs is 1. The van der Waals surface area contributed by atoms with Crippen LogP contribution in [-0.2, 0) is 4.89 Å². The lowest BCUT2D eigenvalue weighted by Crippen LogP contribution is -2.39. The number of rotatable bonds is 5. The first kappa shape index (κ1) is 16.0. The van der Waals surface area contributed by atoms with Gasteiger partial charge in [0.2, 0.25) is 0 Å². The molecule has 1 atom stereocenters. The van der Waals surface area contributed by atoms with Gasteiger partial charge in [0.05, 0.1) is 16.9 Å². The van der Waals surface area contributed by atoms with Crippen LogP contribution in [0.2, 0.25) is 0 Å². The Morgan fingerprint density at radius 1 is 1.48 bits per heavy atom. The summed E-state index contributed by atoms with van der Waals surface area (Å²) in [7, 11) is 0. The quantitative estimate of drug-likeness (QED) is 0.445. The van der Waals surface area contributed by atoms with Gasteiger partial charge < -0.3 is 16.0 Å². The molecule has 1 fully saturated rings. The highest BCUT2D eigenvalue weighted by molar-refractivity contribution is 5.99. The first-order valence-electron chi connectivity index (χ1n) is 7.97. The van der Waals surface area contributed by atoms with Crippen LogP contribution in [0.5, 0.6) is 0 Å². The standard InChI is InChI=1S/C16H25N5O2/c1-11(2)21-8-12-13(19-21)4-5-14(18-10-23-22)15(12)20-7-6-16(3,17)9-20/h4-5,8,11,18,22H,6-7,9-10,17H2,1-3H3/t16-/m1/s1. The predicted octanol–water partition coefficient (Wildman–Crippen LogP) is 2.40. The molecule has 2 heterocycles. The van der Waals surface area contributed by atoms with E-state index >= 15 is 0 Å². The van der Waals surface area contributed by atoms with Crippen LogP contribution in [0.3, 0.4) is 0 Å². The van der Waals surface area contributed by atoms with E-state index in [1.165, 1.54) is 0 Å². The lowest BCUT2D eigenvalue weighted by molar-refractivity contribution is -0.235. The Balaban J connectivity index is 2.09. The lowest BCUT2D eigenvalue weighted by atomic mass is 10.0. The average Bonchev–Trinajstić information content (AvgIpc) is 3.07. The highest BCUT2D eigenvalue weighted by Crippen LogP contribution is 2.38. The van der Waals surface area contributed by atoms with Crippen LogP contribution in [-0.4, -0.2) is 40.4 Å². The van der Waals surface area contributed by atoms with Crippen LogP contribution in [0.4, 0.5) is 11.4 Å². The van der Waals surface area contributed by atoms with E-state index in [2.05, 4.69) is 47.2 Å². The van der Waals surface area contributed by atoms with Crippen molar-refractivity contribution >= 4 is 22.3 Å². The van der Waals surface area contributed by atoms with Crippen LogP contribution in [0, 0.1) is 0 Å². The zero-order valence-corrected chi connectivity index (χ0v) is 13.9. The van der Waals surface area contributed by atoms with Crippen molar-refractivity contribution in [1.29, 1.82) is 0 Å². The number of aromatic nitrogens is 2. The van der Waals surface area contributed by atoms with Gasteiger partial charge in [-0.2, -0.15) is 5.10 Å². The third-order valence-electron chi connectivity index (χ3n) is 4.36. The molecule has 0 radical (unpaired) electrons. The van der Waals surface area contributed by atoms with Crippen molar-refractivity contribution in [1.82, 2.24) is 9.78 Å². The minimum absolute atomic E-state index is 0.0323. The summed E-state index contributed by atoms with van der Waals surface area (Å²) in [4.78, 5) is 6.47. The first-order valence-corrected chi connectivity index (χ1v) is 7.97. The third-order valence-corrected chi connectivity index (χ3v) is 4.36. The number of hydrogen-bond donors (Lipinski definition) is 3. The summed E-state index contributed by atoms with van der Waals surface area (Å²) in [5.41, 5.74) is 9.05. The maximum absolute atomic E-state index is 8.64. The van der Waals surface area contributed by atoms with E-state index in [-0.39, 0.29) is 12.3 Å². The Bertz CT molecular complexity index is 695. The fourth-order valence-electron chi connectivity index (χ4n) is 3.13. The molecule has 3 rings (SSSR count). The van der Waals surface area contributed by atoms with Gasteiger partial charge in [0, 0.05) is 36.3 Å². The second-order valence-electron chi connectivity index (χ2n) is 6.87. The van der Waals surface area contributed by atoms with Gasteiger partial charge in [-0.3, -0.25) is 4.68 Å². The van der Waals surface area contributed by atoms with Crippen LogP contribution >= 0.6 is 0 Å². The van der Waals surface area contributed by atoms with E-state index in [9.17, 15) is 0 Å². The molecule has 1 aromatic heterocycles. The molecule has 0 aliphatic carbocycles. The number of anilines is 2. The first-order chi connectivity index (χ1) is 10.9. The molecule has 4 N–H and O–H groups in total. The topological polar surface area (TPSA) is 88.6 Å². The Morgan fingerprint density at radius 3 is 2.87 bits per heavy atom. The second kappa shape index (κ2) is 5.99. The average molecular weight is 319 g/mol. The van der Waals surface area contributed by atoms with E-state index < -0.39 is 0 Å². The van der Waals surface area contributed by atoms with Gasteiger partial charge in [-0.15, -0.1) is 0 Å². The molecule has 1 aliphatic rings. The van der Waals surface area contributed by atoms with Crippen molar-refractivity contribution in [2.75, 3.05) is 30.0 Å². The minimum Gasteiger partial charge on any atom is -0.367 e. The van der Waals surface area contributed by atoms with Crippen LogP contribution in [0.25, 0.3) is 10.9 Å². The zero-order valence-electron chi connectivity index (χ0n) is 13.9. The maximum Gasteiger partial charge on any atom is 0.151 e. The van der Waals surface area contributed by atoms with Gasteiger partial charge in [-0.25, -0.2) is 10.1 Å². The number of nitrogens with zero attached hydrogens (tertiary/aromatic N) is 3. The van der Waals surface area contributed by atoms with Crippen molar-refractivity contribution in [3.8, 4) is 0 Å². The van der Waals surface area contributed by atoms with Crippen molar-refractivity contribution < 1.29 is 10.1 Å². The molecule has 0 bridgehead atoms. The summed E-state index contributed by atoms with van der Waals surface area (Å²) in [5, 5.41) is 17.5. The van der Waals surface area contributed by atoms with Crippen molar-refractivity contribution in [3.63, 3.8) is 0 Å². The number of benzene rings is 1. The molecule has 1 aliphatic heterocycles. The molecule has 23 heavy (non-hydrogen) atoms. The largest absolute Gasteiger partial charge is 0.367 e. The fourth-order valence-corrected chi connectivity index (χ4v) is 3.13. The minimum atomic E-state index is -0.193. The van der Waals surface area contributed by atoms with Crippen molar-refractivity contribution in [2.45, 2.75) is 38.8 Å². The molecule has 7 heteroatoms. The Labute approximate surface area is 135 Å². The van der Waals surface area contributed by atoms with Gasteiger partial charge in [0.1, 0.15) is 0 Å². The normalized spacial score (nSPS) is 21.6. The molecule has 0 spiro atoms. The number of nitrogens with one attached hydrogen (secondary N) is 1. The highest BCUT2D eigenvalue weighted by atomic mass is 17.1. The fraction of sp³-hybridized carbons (Fsp3) is 0.562. The van der Waals surface area contributed by atoms with Gasteiger partial charge in [-0.1, -0.05) is 0 Å². The molecule has 0 amide bonds. The summed E-state index contributed by atoms with van der Waals surface area (Å²) in [6.07, 6.45) is 3.02. The molecular weight excluding hydrogens is 294 g/mol. The molecule has 2 aromatic rings. The van der Waals surface area contributed by atoms with Crippen LogP contribution in [0.15, 0.2) is 18.3 Å². The monoisotopic (exact) mass is 319 g/mol. The van der Waals surface area contributed by atoms with Gasteiger partial charge in [0.15, 0.2) is 6.73 Å². The molecule has 0 unspecified atom stereocenters. The van der Waals surface area contributed by atoms with E-state index in [1.54, 1.807) is 0 Å². The smallest absolute Gasteiger partial charge is 0.151 e.